The van der Waals surface area contributed by atoms with Crippen molar-refractivity contribution in [2.75, 3.05) is 91.1 Å². The van der Waals surface area contributed by atoms with E-state index in [0.717, 1.165) is 142 Å². The van der Waals surface area contributed by atoms with Crippen molar-refractivity contribution in [2.24, 2.45) is 27.1 Å². The Morgan fingerprint density at radius 2 is 1.06 bits per heavy atom. The Balaban J connectivity index is 0.000000192. The van der Waals surface area contributed by atoms with E-state index in [1.54, 1.807) is 0 Å². The maximum absolute atomic E-state index is 13.0. The third-order valence-corrected chi connectivity index (χ3v) is 18.5. The maximum atomic E-state index is 13.0. The van der Waals surface area contributed by atoms with Crippen LogP contribution in [0.3, 0.4) is 0 Å². The van der Waals surface area contributed by atoms with Gasteiger partial charge in [-0.05, 0) is 260 Å². The number of pyridine rings is 1. The van der Waals surface area contributed by atoms with E-state index in [9.17, 15) is 4.79 Å². The van der Waals surface area contributed by atoms with Crippen molar-refractivity contribution in [2.45, 2.75) is 317 Å². The monoisotopic (exact) mass is 1260 g/mol. The highest BCUT2D eigenvalue weighted by Crippen LogP contribution is 2.74. The predicted octanol–water partition coefficient (Wildman–Crippen LogP) is 14.5. The van der Waals surface area contributed by atoms with E-state index in [4.69, 9.17) is 52.1 Å². The van der Waals surface area contributed by atoms with Crippen molar-refractivity contribution in [1.82, 2.24) is 9.88 Å². The van der Waals surface area contributed by atoms with Crippen LogP contribution < -0.4 is 4.90 Å². The van der Waals surface area contributed by atoms with Crippen molar-refractivity contribution in [3.63, 3.8) is 0 Å². The topological polar surface area (TPSA) is 138 Å². The molecule has 1 saturated heterocycles. The summed E-state index contributed by atoms with van der Waals surface area (Å²) in [4.78, 5) is 21.9. The molecular weight excluding hydrogens is 1130 g/mol. The minimum absolute atomic E-state index is 0.0406. The minimum Gasteiger partial charge on any atom is -0.381 e. The minimum atomic E-state index is -0.524. The molecular formula is C75H129N3O12. The van der Waals surface area contributed by atoms with Crippen LogP contribution in [0.5, 0.6) is 0 Å². The molecule has 1 aliphatic heterocycles. The second-order valence-corrected chi connectivity index (χ2v) is 35.6. The van der Waals surface area contributed by atoms with Gasteiger partial charge in [0.25, 0.3) is 0 Å². The van der Waals surface area contributed by atoms with E-state index in [2.05, 4.69) is 138 Å². The summed E-state index contributed by atoms with van der Waals surface area (Å²) in [6, 6.07) is 4.52. The van der Waals surface area contributed by atoms with Crippen LogP contribution in [0, 0.1) is 38.9 Å². The largest absolute Gasteiger partial charge is 0.381 e. The molecule has 2 heterocycles. The van der Waals surface area contributed by atoms with Crippen LogP contribution in [0.1, 0.15) is 247 Å². The van der Waals surface area contributed by atoms with Gasteiger partial charge in [-0.15, -0.1) is 0 Å². The van der Waals surface area contributed by atoms with Gasteiger partial charge in [-0.1, -0.05) is 26.7 Å². The normalized spacial score (nSPS) is 29.8. The summed E-state index contributed by atoms with van der Waals surface area (Å²) in [5.74, 6) is 6.81. The van der Waals surface area contributed by atoms with Crippen molar-refractivity contribution < 1.29 is 56.9 Å². The van der Waals surface area contributed by atoms with Gasteiger partial charge in [-0.25, -0.2) is 4.98 Å². The fourth-order valence-corrected chi connectivity index (χ4v) is 14.7. The Labute approximate surface area is 547 Å². The summed E-state index contributed by atoms with van der Waals surface area (Å²) in [5.41, 5.74) is 2.27. The van der Waals surface area contributed by atoms with Crippen LogP contribution in [0.15, 0.2) is 18.3 Å². The van der Waals surface area contributed by atoms with Crippen molar-refractivity contribution in [3.8, 4) is 11.8 Å². The number of anilines is 1. The summed E-state index contributed by atoms with van der Waals surface area (Å²) in [7, 11) is 2.00. The fraction of sp³-hybridized carbons (Fsp3) is 0.893. The summed E-state index contributed by atoms with van der Waals surface area (Å²) >= 11 is 0. The number of carbonyl (C=O) groups excluding carboxylic acids is 1. The highest BCUT2D eigenvalue weighted by atomic mass is 16.6. The molecule has 0 radical (unpaired) electrons. The second kappa shape index (κ2) is 30.3. The van der Waals surface area contributed by atoms with Crippen molar-refractivity contribution in [3.05, 3.63) is 24.0 Å². The number of ether oxygens (including phenoxy) is 11. The number of amides is 1. The molecule has 516 valence electrons. The van der Waals surface area contributed by atoms with Crippen LogP contribution >= 0.6 is 0 Å². The lowest BCUT2D eigenvalue weighted by Gasteiger charge is -2.70. The molecule has 1 aromatic heterocycles. The van der Waals surface area contributed by atoms with Crippen LogP contribution in [-0.2, 0) is 56.9 Å². The number of nitrogens with zero attached hydrogens (tertiary/aromatic N) is 3. The standard InChI is InChI=1S/C27H42N2O3.C25H45NO4.C23H42O5/c1-25(2,3)31-24-18-23(19-24)30-22-11-15-29(16-12-22)21-10-14-28-20(17-21)9-13-27(7,8)32-26(4,5)6;1-22(2,3)17-29-20-12-19(13-20)26(7)21(27)25-14-24(15-25,16-25)18-28-10-8-9-11-30-23(4,5)6;1-20(2,3)27-10-9-24-7-8-25-16-22-13-23(14-22,15-22)17-26-18-11-19(12-18)28-21(4,5)6/h10,14,17,22-24H,11-12,15-16,18-19H2,1-8H3;19-20H,8-18H2,1-7H3;18-19H,7-17H2,1-6H3. The maximum Gasteiger partial charge on any atom is 0.228 e. The number of aromatic nitrogens is 1. The lowest BCUT2D eigenvalue weighted by Crippen LogP contribution is -2.70. The Bertz CT molecular complexity index is 2400. The molecule has 11 rings (SSSR count). The molecule has 0 aromatic carbocycles. The molecule has 0 spiro atoms. The fourth-order valence-electron chi connectivity index (χ4n) is 14.7. The highest BCUT2D eigenvalue weighted by molar-refractivity contribution is 5.86. The molecule has 9 saturated carbocycles. The number of piperidine rings is 1. The van der Waals surface area contributed by atoms with Crippen molar-refractivity contribution in [1.29, 1.82) is 0 Å². The molecule has 1 aromatic rings. The smallest absolute Gasteiger partial charge is 0.228 e. The van der Waals surface area contributed by atoms with Gasteiger partial charge in [0.2, 0.25) is 5.91 Å². The van der Waals surface area contributed by atoms with Gasteiger partial charge in [0.1, 0.15) is 11.3 Å². The average molecular weight is 1260 g/mol. The quantitative estimate of drug-likeness (QED) is 0.0581. The molecule has 10 aliphatic rings. The van der Waals surface area contributed by atoms with E-state index in [1.165, 1.54) is 24.9 Å². The number of hydrogen-bond acceptors (Lipinski definition) is 14. The Hall–Kier alpha value is -2.46. The van der Waals surface area contributed by atoms with Crippen molar-refractivity contribution >= 4 is 11.6 Å². The van der Waals surface area contributed by atoms with Gasteiger partial charge in [0, 0.05) is 51.3 Å². The highest BCUT2D eigenvalue weighted by Gasteiger charge is 2.72. The van der Waals surface area contributed by atoms with E-state index >= 15 is 0 Å². The zero-order valence-corrected chi connectivity index (χ0v) is 60.8. The number of unbranched alkanes of at least 4 members (excludes halogenated alkanes) is 1. The zero-order valence-electron chi connectivity index (χ0n) is 60.8. The first-order valence-corrected chi connectivity index (χ1v) is 35.1. The Morgan fingerprint density at radius 3 is 1.61 bits per heavy atom. The third-order valence-electron chi connectivity index (χ3n) is 18.5. The lowest BCUT2D eigenvalue weighted by atomic mass is 9.35. The van der Waals surface area contributed by atoms with Crippen LogP contribution in [0.4, 0.5) is 5.69 Å². The number of hydrogen-bond donors (Lipinski definition) is 0. The number of rotatable bonds is 28. The summed E-state index contributed by atoms with van der Waals surface area (Å²) in [5, 5.41) is 0. The van der Waals surface area contributed by atoms with Gasteiger partial charge in [-0.3, -0.25) is 4.79 Å². The molecule has 0 unspecified atom stereocenters. The summed E-state index contributed by atoms with van der Waals surface area (Å²) in [6.45, 7) is 51.5. The first kappa shape index (κ1) is 74.9. The molecule has 90 heavy (non-hydrogen) atoms. The van der Waals surface area contributed by atoms with E-state index in [-0.39, 0.29) is 44.3 Å². The van der Waals surface area contributed by atoms with E-state index in [1.807, 2.05) is 52.8 Å². The second-order valence-electron chi connectivity index (χ2n) is 35.6. The van der Waals surface area contributed by atoms with E-state index < -0.39 is 5.60 Å². The third kappa shape index (κ3) is 24.3. The summed E-state index contributed by atoms with van der Waals surface area (Å²) in [6.07, 6.45) is 21.3. The Kier molecular flexibility index (Phi) is 25.2. The molecule has 0 N–H and O–H groups in total. The van der Waals surface area contributed by atoms with Gasteiger partial charge in [0.05, 0.1) is 123 Å². The molecule has 15 nitrogen and oxygen atoms in total. The predicted molar refractivity (Wildman–Crippen MR) is 359 cm³/mol. The Morgan fingerprint density at radius 1 is 0.556 bits per heavy atom. The van der Waals surface area contributed by atoms with Gasteiger partial charge < -0.3 is 61.9 Å². The van der Waals surface area contributed by atoms with Gasteiger partial charge >= 0.3 is 0 Å². The van der Waals surface area contributed by atoms with Gasteiger partial charge in [-0.2, -0.15) is 0 Å². The van der Waals surface area contributed by atoms with E-state index in [0.29, 0.717) is 85.8 Å². The molecule has 9 aliphatic carbocycles. The first-order valence-electron chi connectivity index (χ1n) is 35.1. The van der Waals surface area contributed by atoms with Crippen LogP contribution in [0.25, 0.3) is 0 Å². The van der Waals surface area contributed by atoms with Crippen LogP contribution in [0.2, 0.25) is 0 Å². The molecule has 0 atom stereocenters. The molecule has 15 heteroatoms. The summed E-state index contributed by atoms with van der Waals surface area (Å²) < 4.78 is 65.3. The van der Waals surface area contributed by atoms with Crippen LogP contribution in [-0.4, -0.2) is 178 Å². The lowest BCUT2D eigenvalue weighted by molar-refractivity contribution is -0.267. The SMILES string of the molecule is CC(C)(C)OC1CC(OC2CCN(c3ccnc(C#CC(C)(C)OC(C)(C)C)c3)CC2)C1.CC(C)(C)OCCOCCOCC12CC(COC3CC(OC(C)(C)C)C3)(C1)C2.CN(C(=O)C12CC(COCCCCOC(C)(C)C)(C1)C2)C1CC(OCC(C)(C)C)C1. The van der Waals surface area contributed by atoms with Gasteiger partial charge in [0.15, 0.2) is 0 Å². The molecule has 10 fully saturated rings. The molecule has 4 bridgehead atoms. The number of carbonyl (C=O) groups is 1. The molecule has 1 amide bonds. The average Bonchev–Trinajstić information content (AvgIpc) is 0.687. The zero-order chi connectivity index (χ0) is 66.2. The first-order chi connectivity index (χ1) is 41.6.